The third-order valence-electron chi connectivity index (χ3n) is 17.9. The van der Waals surface area contributed by atoms with Crippen molar-refractivity contribution in [3.63, 3.8) is 0 Å². The van der Waals surface area contributed by atoms with Crippen molar-refractivity contribution in [3.05, 3.63) is 101 Å². The summed E-state index contributed by atoms with van der Waals surface area (Å²) in [5, 5.41) is 77.2. The largest absolute Gasteiger partial charge is 0.504 e. The SMILES string of the molecule is COc1cc(C2OC(CCc3ccc(O)c(OCNC45C=CC6CCC(C=C4)C6C5O)c3)CC(O)C2CCO)cc(OCC2NC(C)CC3(CCCC3)C23C(C(=O)O)C=CC3C2=CCNC(N)=C2)c1O. The number of carboxylic acids is 1. The van der Waals surface area contributed by atoms with Crippen LogP contribution in [0.4, 0.5) is 0 Å². The molecule has 10 rings (SSSR count). The number of hydrogen-bond acceptors (Lipinski definition) is 14. The normalized spacial score (nSPS) is 36.8. The van der Waals surface area contributed by atoms with Gasteiger partial charge in [-0.25, -0.2) is 0 Å². The highest BCUT2D eigenvalue weighted by Crippen LogP contribution is 2.68. The lowest BCUT2D eigenvalue weighted by Crippen LogP contribution is -2.69. The number of nitrogens with two attached hydrogens (primary N) is 1. The van der Waals surface area contributed by atoms with E-state index >= 15 is 0 Å². The number of allylic oxidation sites excluding steroid dienone is 5. The zero-order chi connectivity index (χ0) is 49.0. The van der Waals surface area contributed by atoms with Gasteiger partial charge in [0.05, 0.1) is 48.8 Å². The number of phenols is 2. The molecule has 378 valence electrons. The summed E-state index contributed by atoms with van der Waals surface area (Å²) in [6.45, 7) is 2.63. The Labute approximate surface area is 410 Å². The van der Waals surface area contributed by atoms with E-state index in [4.69, 9.17) is 24.7 Å². The van der Waals surface area contributed by atoms with E-state index in [1.54, 1.807) is 24.3 Å². The topological polar surface area (TPSA) is 237 Å². The number of aliphatic hydroxyl groups excluding tert-OH is 3. The Bertz CT molecular complexity index is 2410. The molecule has 2 spiro atoms. The molecule has 0 aromatic heterocycles. The number of methoxy groups -OCH3 is 1. The number of carboxylic acid groups (broad SMARTS) is 1. The molecule has 3 aliphatic heterocycles. The number of piperidine rings is 1. The second-order valence-electron chi connectivity index (χ2n) is 21.5. The molecule has 2 saturated carbocycles. The molecule has 5 aliphatic carbocycles. The first kappa shape index (κ1) is 48.6. The average molecular weight is 965 g/mol. The van der Waals surface area contributed by atoms with E-state index < -0.39 is 59.2 Å². The predicted molar refractivity (Wildman–Crippen MR) is 262 cm³/mol. The second kappa shape index (κ2) is 19.5. The predicted octanol–water partition coefficient (Wildman–Crippen LogP) is 5.63. The monoisotopic (exact) mass is 965 g/mol. The molecule has 11 N–H and O–H groups in total. The van der Waals surface area contributed by atoms with Gasteiger partial charge in [0.1, 0.15) is 13.3 Å². The molecule has 0 radical (unpaired) electrons. The highest BCUT2D eigenvalue weighted by Gasteiger charge is 2.69. The fourth-order valence-electron chi connectivity index (χ4n) is 14.8. The number of aryl methyl sites for hydroxylation is 1. The molecule has 2 bridgehead atoms. The average Bonchev–Trinajstić information content (AvgIpc) is 4.11. The van der Waals surface area contributed by atoms with Crippen LogP contribution in [0.2, 0.25) is 0 Å². The molecular formula is C55H72N4O11. The number of phenolic OH excluding ortho intramolecular Hbond substituents is 2. The molecule has 2 aromatic rings. The first-order chi connectivity index (χ1) is 33.8. The van der Waals surface area contributed by atoms with Crippen molar-refractivity contribution in [2.24, 2.45) is 52.1 Å². The minimum absolute atomic E-state index is 0.00151. The molecule has 2 aromatic carbocycles. The van der Waals surface area contributed by atoms with Gasteiger partial charge in [0.2, 0.25) is 5.75 Å². The standard InChI is InChI=1S/C55H72N4O11/c1-31-28-53(17-3-4-18-53)55(39(10-11-40(55)52(65)66)35-15-21-57-47(56)26-35)46(59-31)29-68-45-25-36(24-44(67-2)49(45)63)50-38(16-22-60)42(62)27-37(70-50)9-5-32-6-12-41(61)43(23-32)69-30-58-54-19-13-33-7-8-34(14-20-54)48(33)51(54)64/h6,10-15,19-20,23-26,31,33-34,37-40,42,46,48,50-51,57-64H,3-5,7-9,16-18,21-22,27-30,56H2,1-2H3,(H,65,66). The molecule has 70 heavy (non-hydrogen) atoms. The number of aliphatic hydroxyl groups is 3. The van der Waals surface area contributed by atoms with E-state index in [0.717, 1.165) is 56.1 Å². The van der Waals surface area contributed by atoms with Gasteiger partial charge in [-0.15, -0.1) is 0 Å². The van der Waals surface area contributed by atoms with E-state index in [-0.39, 0.29) is 72.7 Å². The quantitative estimate of drug-likeness (QED) is 0.0725. The summed E-state index contributed by atoms with van der Waals surface area (Å²) < 4.78 is 25.4. The van der Waals surface area contributed by atoms with Crippen LogP contribution in [0.5, 0.6) is 28.7 Å². The lowest BCUT2D eigenvalue weighted by atomic mass is 9.46. The highest BCUT2D eigenvalue weighted by molar-refractivity contribution is 5.75. The Balaban J connectivity index is 0.874. The van der Waals surface area contributed by atoms with Crippen molar-refractivity contribution >= 4 is 5.97 Å². The van der Waals surface area contributed by atoms with Crippen molar-refractivity contribution in [2.75, 3.05) is 33.6 Å². The van der Waals surface area contributed by atoms with Crippen LogP contribution >= 0.6 is 0 Å². The molecule has 8 aliphatic rings. The van der Waals surface area contributed by atoms with E-state index in [0.29, 0.717) is 54.8 Å². The van der Waals surface area contributed by atoms with E-state index in [2.05, 4.69) is 59.3 Å². The van der Waals surface area contributed by atoms with Crippen LogP contribution in [0, 0.1) is 46.3 Å². The van der Waals surface area contributed by atoms with E-state index in [9.17, 15) is 35.4 Å². The Hall–Kier alpha value is -5.03. The zero-order valence-electron chi connectivity index (χ0n) is 40.3. The maximum atomic E-state index is 13.5. The van der Waals surface area contributed by atoms with Crippen LogP contribution in [0.3, 0.4) is 0 Å². The highest BCUT2D eigenvalue weighted by atomic mass is 16.5. The number of benzene rings is 2. The van der Waals surface area contributed by atoms with Crippen molar-refractivity contribution in [2.45, 2.75) is 120 Å². The van der Waals surface area contributed by atoms with Gasteiger partial charge in [-0.2, -0.15) is 0 Å². The number of fused-ring (bicyclic) bond motifs is 2. The summed E-state index contributed by atoms with van der Waals surface area (Å²) >= 11 is 0. The first-order valence-electron chi connectivity index (χ1n) is 25.6. The molecule has 12 atom stereocenters. The van der Waals surface area contributed by atoms with Gasteiger partial charge >= 0.3 is 5.97 Å². The number of hydrogen-bond donors (Lipinski definition) is 10. The zero-order valence-corrected chi connectivity index (χ0v) is 40.3. The fraction of sp³-hybridized carbons (Fsp3) is 0.582. The molecule has 15 nitrogen and oxygen atoms in total. The number of nitrogens with one attached hydrogen (secondary N) is 3. The van der Waals surface area contributed by atoms with Crippen LogP contribution < -0.4 is 35.9 Å². The molecule has 4 fully saturated rings. The van der Waals surface area contributed by atoms with Crippen LogP contribution in [0.15, 0.2) is 90.3 Å². The number of aromatic hydroxyl groups is 2. The number of dihydropyridines is 1. The maximum absolute atomic E-state index is 13.5. The third kappa shape index (κ3) is 8.47. The van der Waals surface area contributed by atoms with Gasteiger partial charge in [-0.3, -0.25) is 10.1 Å². The van der Waals surface area contributed by atoms with Gasteiger partial charge in [-0.05, 0) is 135 Å². The summed E-state index contributed by atoms with van der Waals surface area (Å²) in [5.41, 5.74) is 6.98. The van der Waals surface area contributed by atoms with Gasteiger partial charge < -0.3 is 66.0 Å². The third-order valence-corrected chi connectivity index (χ3v) is 17.9. The van der Waals surface area contributed by atoms with Crippen molar-refractivity contribution in [1.29, 1.82) is 0 Å². The minimum Gasteiger partial charge on any atom is -0.504 e. The number of aliphatic carboxylic acids is 1. The van der Waals surface area contributed by atoms with Crippen molar-refractivity contribution < 1.29 is 54.4 Å². The van der Waals surface area contributed by atoms with Crippen LogP contribution in [0.25, 0.3) is 0 Å². The second-order valence-corrected chi connectivity index (χ2v) is 21.5. The van der Waals surface area contributed by atoms with Gasteiger partial charge in [0.15, 0.2) is 23.0 Å². The molecule has 2 saturated heterocycles. The lowest BCUT2D eigenvalue weighted by molar-refractivity contribution is -0.160. The number of rotatable bonds is 16. The fourth-order valence-corrected chi connectivity index (χ4v) is 14.8. The van der Waals surface area contributed by atoms with Crippen LogP contribution in [0.1, 0.15) is 88.4 Å². The van der Waals surface area contributed by atoms with E-state index in [1.165, 1.54) is 7.11 Å². The lowest BCUT2D eigenvalue weighted by Gasteiger charge is -2.61. The Morgan fingerprint density at radius 3 is 2.44 bits per heavy atom. The summed E-state index contributed by atoms with van der Waals surface area (Å²) in [4.78, 5) is 13.5. The maximum Gasteiger partial charge on any atom is 0.311 e. The van der Waals surface area contributed by atoms with Crippen molar-refractivity contribution in [1.82, 2.24) is 16.0 Å². The molecule has 0 amide bonds. The van der Waals surface area contributed by atoms with Gasteiger partial charge in [-0.1, -0.05) is 61.4 Å². The number of ether oxygens (including phenoxy) is 4. The summed E-state index contributed by atoms with van der Waals surface area (Å²) in [7, 11) is 1.46. The van der Waals surface area contributed by atoms with Crippen molar-refractivity contribution in [3.8, 4) is 28.7 Å². The van der Waals surface area contributed by atoms with E-state index in [1.807, 2.05) is 18.2 Å². The molecule has 15 heteroatoms. The van der Waals surface area contributed by atoms with Gasteiger partial charge in [0.25, 0.3) is 0 Å². The Kier molecular flexibility index (Phi) is 13.6. The molecular weight excluding hydrogens is 893 g/mol. The summed E-state index contributed by atoms with van der Waals surface area (Å²) in [5.74, 6) is -0.536. The molecule has 12 unspecified atom stereocenters. The minimum atomic E-state index is -0.881. The summed E-state index contributed by atoms with van der Waals surface area (Å²) in [6, 6.07) is 8.27. The Morgan fingerprint density at radius 1 is 0.971 bits per heavy atom. The smallest absolute Gasteiger partial charge is 0.311 e. The van der Waals surface area contributed by atoms with Gasteiger partial charge in [0, 0.05) is 42.5 Å². The van der Waals surface area contributed by atoms with Crippen LogP contribution in [-0.2, 0) is 16.0 Å². The number of carbonyl (C=O) groups is 1. The molecule has 3 heterocycles. The Morgan fingerprint density at radius 2 is 1.73 bits per heavy atom. The van der Waals surface area contributed by atoms with Crippen LogP contribution in [-0.4, -0.2) is 106 Å². The first-order valence-corrected chi connectivity index (χ1v) is 25.6. The summed E-state index contributed by atoms with van der Waals surface area (Å²) in [6.07, 6.45) is 22.5.